The van der Waals surface area contributed by atoms with Gasteiger partial charge in [-0.3, -0.25) is 0 Å². The molecule has 1 fully saturated rings. The molecule has 3 nitrogen and oxygen atoms in total. The van der Waals surface area contributed by atoms with E-state index in [1.165, 1.54) is 17.0 Å². The van der Waals surface area contributed by atoms with E-state index in [4.69, 9.17) is 0 Å². The SMILES string of the molecule is Cl.Cl.c1cc[c]([Ti][N]2CCNCCNCC2)cc1. The summed E-state index contributed by atoms with van der Waals surface area (Å²) in [5, 5.41) is 6.92. The van der Waals surface area contributed by atoms with Gasteiger partial charge in [-0.25, -0.2) is 0 Å². The molecule has 1 aromatic rings. The van der Waals surface area contributed by atoms with Gasteiger partial charge in [0.15, 0.2) is 0 Å². The predicted molar refractivity (Wildman–Crippen MR) is 77.9 cm³/mol. The van der Waals surface area contributed by atoms with E-state index in [2.05, 4.69) is 44.3 Å². The van der Waals surface area contributed by atoms with Crippen LogP contribution in [0.15, 0.2) is 30.3 Å². The van der Waals surface area contributed by atoms with E-state index in [-0.39, 0.29) is 44.2 Å². The fraction of sp³-hybridized carbons (Fsp3) is 0.500. The van der Waals surface area contributed by atoms with Crippen molar-refractivity contribution in [2.75, 3.05) is 39.3 Å². The molecular weight excluding hydrogens is 305 g/mol. The van der Waals surface area contributed by atoms with Gasteiger partial charge in [-0.05, 0) is 0 Å². The molecule has 0 amide bonds. The molecule has 0 aliphatic carbocycles. The zero-order valence-electron chi connectivity index (χ0n) is 10.4. The van der Waals surface area contributed by atoms with E-state index in [1.54, 1.807) is 0 Å². The summed E-state index contributed by atoms with van der Waals surface area (Å²) >= 11 is -0.125. The molecule has 1 heterocycles. The summed E-state index contributed by atoms with van der Waals surface area (Å²) in [4.78, 5) is 0. The molecule has 1 aliphatic rings. The summed E-state index contributed by atoms with van der Waals surface area (Å²) in [5.74, 6) is 0. The van der Waals surface area contributed by atoms with E-state index in [0.29, 0.717) is 0 Å². The van der Waals surface area contributed by atoms with E-state index >= 15 is 0 Å². The van der Waals surface area contributed by atoms with Crippen LogP contribution in [-0.4, -0.2) is 42.7 Å². The molecule has 0 saturated carbocycles. The molecule has 1 saturated heterocycles. The maximum absolute atomic E-state index is 3.46. The van der Waals surface area contributed by atoms with Crippen LogP contribution in [-0.2, 0) is 19.4 Å². The quantitative estimate of drug-likeness (QED) is 0.782. The standard InChI is InChI=1S/C6H14N3.C6H5.2ClH.Ti/c1-2-8-5-6-9-4-3-7-1;1-2-4-6-5-3-1;;;/h7-8H,1-6H2;1-5H;2*1H;/q-1;;;;+1. The first kappa shape index (κ1) is 18.4. The summed E-state index contributed by atoms with van der Waals surface area (Å²) < 4.78 is 4.16. The van der Waals surface area contributed by atoms with Crippen molar-refractivity contribution in [3.63, 3.8) is 0 Å². The number of nitrogens with one attached hydrogen (secondary N) is 2. The first-order chi connectivity index (χ1) is 7.95. The van der Waals surface area contributed by atoms with Crippen LogP contribution >= 0.6 is 24.8 Å². The van der Waals surface area contributed by atoms with Crippen LogP contribution in [0.25, 0.3) is 0 Å². The zero-order valence-corrected chi connectivity index (χ0v) is 13.6. The predicted octanol–water partition coefficient (Wildman–Crippen LogP) is 0.648. The van der Waals surface area contributed by atoms with Crippen molar-refractivity contribution in [1.29, 1.82) is 0 Å². The monoisotopic (exact) mass is 325 g/mol. The van der Waals surface area contributed by atoms with E-state index in [1.807, 2.05) is 0 Å². The maximum atomic E-state index is 3.46. The first-order valence-corrected chi connectivity index (χ1v) is 7.41. The molecule has 6 heteroatoms. The van der Waals surface area contributed by atoms with E-state index in [9.17, 15) is 0 Å². The molecule has 0 bridgehead atoms. The number of nitrogens with zero attached hydrogens (tertiary/aromatic N) is 1. The summed E-state index contributed by atoms with van der Waals surface area (Å²) in [6.07, 6.45) is 0. The number of rotatable bonds is 2. The van der Waals surface area contributed by atoms with Crippen LogP contribution in [0, 0.1) is 0 Å². The summed E-state index contributed by atoms with van der Waals surface area (Å²) in [7, 11) is 0. The second-order valence-electron chi connectivity index (χ2n) is 3.96. The van der Waals surface area contributed by atoms with Gasteiger partial charge in [0.05, 0.1) is 0 Å². The molecule has 0 radical (unpaired) electrons. The van der Waals surface area contributed by atoms with Crippen molar-refractivity contribution >= 4 is 28.7 Å². The van der Waals surface area contributed by atoms with Crippen LogP contribution in [0.5, 0.6) is 0 Å². The minimum absolute atomic E-state index is 0. The number of halogens is 2. The van der Waals surface area contributed by atoms with Crippen molar-refractivity contribution in [1.82, 2.24) is 14.0 Å². The summed E-state index contributed by atoms with van der Waals surface area (Å²) in [5.41, 5.74) is 0. The number of benzene rings is 1. The van der Waals surface area contributed by atoms with Crippen LogP contribution in [0.1, 0.15) is 0 Å². The number of hydrogen-bond acceptors (Lipinski definition) is 3. The van der Waals surface area contributed by atoms with Crippen LogP contribution in [0.2, 0.25) is 0 Å². The van der Waals surface area contributed by atoms with Gasteiger partial charge in [0.1, 0.15) is 0 Å². The molecule has 0 spiro atoms. The fourth-order valence-corrected chi connectivity index (χ4v) is 3.58. The minimum atomic E-state index is -0.125. The molecule has 1 aromatic carbocycles. The first-order valence-electron chi connectivity index (χ1n) is 5.93. The van der Waals surface area contributed by atoms with Crippen LogP contribution < -0.4 is 14.5 Å². The Balaban J connectivity index is 0.00000144. The molecule has 1 aliphatic heterocycles. The Bertz CT molecular complexity index is 291. The van der Waals surface area contributed by atoms with Crippen LogP contribution in [0.4, 0.5) is 0 Å². The summed E-state index contributed by atoms with van der Waals surface area (Å²) in [6, 6.07) is 10.9. The Morgan fingerprint density at radius 1 is 0.833 bits per heavy atom. The van der Waals surface area contributed by atoms with E-state index < -0.39 is 0 Å². The van der Waals surface area contributed by atoms with Crippen LogP contribution in [0.3, 0.4) is 0 Å². The average molecular weight is 326 g/mol. The fourth-order valence-electron chi connectivity index (χ4n) is 1.77. The van der Waals surface area contributed by atoms with Crippen molar-refractivity contribution in [2.24, 2.45) is 0 Å². The van der Waals surface area contributed by atoms with Gasteiger partial charge >= 0.3 is 107 Å². The molecule has 18 heavy (non-hydrogen) atoms. The second-order valence-corrected chi connectivity index (χ2v) is 6.20. The molecular formula is C12H21Cl2N3Ti. The van der Waals surface area contributed by atoms with Crippen molar-refractivity contribution in [3.05, 3.63) is 30.3 Å². The van der Waals surface area contributed by atoms with Gasteiger partial charge in [0, 0.05) is 0 Å². The molecule has 0 atom stereocenters. The number of hydrogen-bond donors (Lipinski definition) is 2. The Morgan fingerprint density at radius 3 is 1.94 bits per heavy atom. The second kappa shape index (κ2) is 11.2. The van der Waals surface area contributed by atoms with Gasteiger partial charge in [-0.1, -0.05) is 0 Å². The average Bonchev–Trinajstić information content (AvgIpc) is 2.45. The van der Waals surface area contributed by atoms with Crippen molar-refractivity contribution in [3.8, 4) is 0 Å². The molecule has 2 N–H and O–H groups in total. The van der Waals surface area contributed by atoms with Crippen molar-refractivity contribution < 1.29 is 19.4 Å². The Morgan fingerprint density at radius 2 is 1.39 bits per heavy atom. The topological polar surface area (TPSA) is 27.3 Å². The Labute approximate surface area is 131 Å². The van der Waals surface area contributed by atoms with E-state index in [0.717, 1.165) is 26.2 Å². The summed E-state index contributed by atoms with van der Waals surface area (Å²) in [6.45, 7) is 6.82. The normalized spacial score (nSPS) is 17.3. The zero-order chi connectivity index (χ0) is 11.1. The Hall–Kier alpha value is 0.394. The van der Waals surface area contributed by atoms with Gasteiger partial charge in [-0.15, -0.1) is 24.8 Å². The third kappa shape index (κ3) is 7.10. The van der Waals surface area contributed by atoms with Crippen molar-refractivity contribution in [2.45, 2.75) is 0 Å². The van der Waals surface area contributed by atoms with Gasteiger partial charge in [0.25, 0.3) is 0 Å². The van der Waals surface area contributed by atoms with Gasteiger partial charge in [0.2, 0.25) is 0 Å². The molecule has 0 aromatic heterocycles. The third-order valence-corrected chi connectivity index (χ3v) is 4.77. The van der Waals surface area contributed by atoms with Gasteiger partial charge in [-0.2, -0.15) is 0 Å². The third-order valence-electron chi connectivity index (χ3n) is 2.66. The molecule has 0 unspecified atom stereocenters. The van der Waals surface area contributed by atoms with Gasteiger partial charge < -0.3 is 0 Å². The Kier molecular flexibility index (Phi) is 11.5. The molecule has 102 valence electrons. The molecule has 2 rings (SSSR count).